The Kier molecular flexibility index (Phi) is 2.81. The van der Waals surface area contributed by atoms with Crippen LogP contribution in [0.25, 0.3) is 0 Å². The lowest BCUT2D eigenvalue weighted by Crippen LogP contribution is -2.41. The number of hydrogen-bond donors (Lipinski definition) is 2. The molecule has 0 heterocycles. The van der Waals surface area contributed by atoms with Gasteiger partial charge in [-0.25, -0.2) is 15.6 Å². The zero-order valence-corrected chi connectivity index (χ0v) is 7.38. The third kappa shape index (κ3) is 2.17. The number of urea groups is 1. The summed E-state index contributed by atoms with van der Waals surface area (Å²) in [6, 6.07) is 1.77. The molecule has 0 saturated carbocycles. The van der Waals surface area contributed by atoms with E-state index in [9.17, 15) is 19.3 Å². The molecule has 0 aliphatic rings. The maximum Gasteiger partial charge on any atom is 0.333 e. The van der Waals surface area contributed by atoms with Gasteiger partial charge in [0, 0.05) is 12.1 Å². The van der Waals surface area contributed by atoms with Gasteiger partial charge in [-0.1, -0.05) is 0 Å². The van der Waals surface area contributed by atoms with Crippen molar-refractivity contribution in [2.24, 2.45) is 11.6 Å². The molecule has 0 aliphatic carbocycles. The number of nitro benzene ring substituents is 1. The van der Waals surface area contributed by atoms with Crippen LogP contribution in [0.2, 0.25) is 0 Å². The van der Waals surface area contributed by atoms with Crippen LogP contribution >= 0.6 is 0 Å². The number of benzene rings is 1. The number of primary amides is 1. The van der Waals surface area contributed by atoms with Crippen molar-refractivity contribution in [1.29, 1.82) is 0 Å². The lowest BCUT2D eigenvalue weighted by atomic mass is 10.2. The number of nitrogens with two attached hydrogens (primary N) is 2. The number of nitro groups is 1. The molecule has 0 unspecified atom stereocenters. The van der Waals surface area contributed by atoms with E-state index in [1.165, 1.54) is 0 Å². The van der Waals surface area contributed by atoms with Crippen LogP contribution in [0.5, 0.6) is 0 Å². The molecule has 7 nitrogen and oxygen atoms in total. The van der Waals surface area contributed by atoms with E-state index in [2.05, 4.69) is 0 Å². The first-order chi connectivity index (χ1) is 6.93. The molecule has 0 aromatic heterocycles. The largest absolute Gasteiger partial charge is 0.350 e. The molecule has 0 fully saturated rings. The molecule has 0 radical (unpaired) electrons. The van der Waals surface area contributed by atoms with E-state index in [4.69, 9.17) is 11.6 Å². The third-order valence-corrected chi connectivity index (χ3v) is 1.64. The highest BCUT2D eigenvalue weighted by Crippen LogP contribution is 2.21. The fraction of sp³-hybridized carbons (Fsp3) is 0. The Hall–Kier alpha value is -2.22. The summed E-state index contributed by atoms with van der Waals surface area (Å²) in [7, 11) is 0. The normalized spacial score (nSPS) is 9.73. The molecule has 1 aromatic carbocycles. The SMILES string of the molecule is NC(=O)N(N)c1ccc([N+](=O)[O-])c(F)c1. The predicted octanol–water partition coefficient (Wildman–Crippen LogP) is 0.493. The fourth-order valence-corrected chi connectivity index (χ4v) is 0.921. The first kappa shape index (κ1) is 10.9. The fourth-order valence-electron chi connectivity index (χ4n) is 0.921. The Labute approximate surface area is 83.2 Å². The summed E-state index contributed by atoms with van der Waals surface area (Å²) in [6.07, 6.45) is 0. The van der Waals surface area contributed by atoms with Gasteiger partial charge in [0.25, 0.3) is 0 Å². The van der Waals surface area contributed by atoms with Crippen molar-refractivity contribution in [1.82, 2.24) is 0 Å². The van der Waals surface area contributed by atoms with Crippen LogP contribution < -0.4 is 16.6 Å². The number of carbonyl (C=O) groups excluding carboxylic acids is 1. The Balaban J connectivity index is 3.12. The van der Waals surface area contributed by atoms with E-state index in [0.717, 1.165) is 18.2 Å². The quantitative estimate of drug-likeness (QED) is 0.322. The number of amides is 2. The number of rotatable bonds is 2. The summed E-state index contributed by atoms with van der Waals surface area (Å²) in [5.41, 5.74) is 4.06. The highest BCUT2D eigenvalue weighted by Gasteiger charge is 2.16. The van der Waals surface area contributed by atoms with Gasteiger partial charge in [-0.2, -0.15) is 4.39 Å². The molecule has 15 heavy (non-hydrogen) atoms. The maximum atomic E-state index is 13.0. The van der Waals surface area contributed by atoms with Gasteiger partial charge >= 0.3 is 11.7 Å². The van der Waals surface area contributed by atoms with Crippen molar-refractivity contribution >= 4 is 17.4 Å². The molecule has 0 atom stereocenters. The summed E-state index contributed by atoms with van der Waals surface area (Å²) in [6.45, 7) is 0. The lowest BCUT2D eigenvalue weighted by Gasteiger charge is -2.12. The molecule has 80 valence electrons. The molecule has 1 rings (SSSR count). The van der Waals surface area contributed by atoms with Crippen LogP contribution in [0.4, 0.5) is 20.6 Å². The molecule has 0 spiro atoms. The second-order valence-electron chi connectivity index (χ2n) is 2.60. The second-order valence-corrected chi connectivity index (χ2v) is 2.60. The zero-order chi connectivity index (χ0) is 11.6. The smallest absolute Gasteiger partial charge is 0.333 e. The van der Waals surface area contributed by atoms with Crippen LogP contribution in [0.3, 0.4) is 0 Å². The lowest BCUT2D eigenvalue weighted by molar-refractivity contribution is -0.387. The molecule has 4 N–H and O–H groups in total. The molecular formula is C7H7FN4O3. The second kappa shape index (κ2) is 3.88. The highest BCUT2D eigenvalue weighted by atomic mass is 19.1. The Morgan fingerprint density at radius 3 is 2.53 bits per heavy atom. The van der Waals surface area contributed by atoms with E-state index in [-0.39, 0.29) is 5.69 Å². The maximum absolute atomic E-state index is 13.0. The summed E-state index contributed by atoms with van der Waals surface area (Å²) in [4.78, 5) is 20.0. The monoisotopic (exact) mass is 214 g/mol. The number of nitrogens with zero attached hydrogens (tertiary/aromatic N) is 2. The minimum Gasteiger partial charge on any atom is -0.350 e. The van der Waals surface area contributed by atoms with Crippen LogP contribution in [-0.2, 0) is 0 Å². The first-order valence-corrected chi connectivity index (χ1v) is 3.71. The molecule has 0 saturated heterocycles. The van der Waals surface area contributed by atoms with Crippen molar-refractivity contribution in [3.05, 3.63) is 34.1 Å². The first-order valence-electron chi connectivity index (χ1n) is 3.71. The third-order valence-electron chi connectivity index (χ3n) is 1.64. The summed E-state index contributed by atoms with van der Waals surface area (Å²) < 4.78 is 13.0. The molecule has 8 heteroatoms. The van der Waals surface area contributed by atoms with E-state index in [0.29, 0.717) is 5.01 Å². The van der Waals surface area contributed by atoms with Crippen molar-refractivity contribution in [3.8, 4) is 0 Å². The van der Waals surface area contributed by atoms with Crippen LogP contribution in [0.15, 0.2) is 18.2 Å². The Bertz CT molecular complexity index is 423. The summed E-state index contributed by atoms with van der Waals surface area (Å²) in [5, 5.41) is 10.7. The van der Waals surface area contributed by atoms with E-state index < -0.39 is 22.5 Å². The van der Waals surface area contributed by atoms with Crippen molar-refractivity contribution in [2.45, 2.75) is 0 Å². The van der Waals surface area contributed by atoms with Crippen LogP contribution in [0, 0.1) is 15.9 Å². The van der Waals surface area contributed by atoms with Crippen molar-refractivity contribution in [3.63, 3.8) is 0 Å². The zero-order valence-electron chi connectivity index (χ0n) is 7.38. The van der Waals surface area contributed by atoms with E-state index in [1.807, 2.05) is 0 Å². The van der Waals surface area contributed by atoms with Gasteiger partial charge < -0.3 is 5.73 Å². The number of carbonyl (C=O) groups is 1. The van der Waals surface area contributed by atoms with Gasteiger partial charge in [0.05, 0.1) is 10.6 Å². The summed E-state index contributed by atoms with van der Waals surface area (Å²) >= 11 is 0. The number of anilines is 1. The molecule has 0 aliphatic heterocycles. The predicted molar refractivity (Wildman–Crippen MR) is 49.3 cm³/mol. The average Bonchev–Trinajstić information content (AvgIpc) is 2.15. The van der Waals surface area contributed by atoms with E-state index in [1.54, 1.807) is 0 Å². The molecule has 2 amide bonds. The Morgan fingerprint density at radius 2 is 2.13 bits per heavy atom. The minimum absolute atomic E-state index is 0.0643. The number of hydrazine groups is 1. The highest BCUT2D eigenvalue weighted by molar-refractivity contribution is 5.89. The molecule has 1 aromatic rings. The van der Waals surface area contributed by atoms with Gasteiger partial charge in [-0.3, -0.25) is 10.1 Å². The number of hydrogen-bond acceptors (Lipinski definition) is 4. The van der Waals surface area contributed by atoms with Gasteiger partial charge in [0.1, 0.15) is 0 Å². The van der Waals surface area contributed by atoms with Crippen molar-refractivity contribution in [2.75, 3.05) is 5.01 Å². The van der Waals surface area contributed by atoms with Crippen molar-refractivity contribution < 1.29 is 14.1 Å². The summed E-state index contributed by atoms with van der Waals surface area (Å²) in [5.74, 6) is 4.07. The van der Waals surface area contributed by atoms with E-state index >= 15 is 0 Å². The molecular weight excluding hydrogens is 207 g/mol. The standard InChI is InChI=1S/C7H7FN4O3/c8-5-3-4(11(10)7(9)13)1-2-6(5)12(14)15/h1-3H,10H2,(H2,9,13). The van der Waals surface area contributed by atoms with Crippen LogP contribution in [0.1, 0.15) is 0 Å². The minimum atomic E-state index is -1.09. The van der Waals surface area contributed by atoms with Crippen LogP contribution in [-0.4, -0.2) is 11.0 Å². The molecule has 0 bridgehead atoms. The topological polar surface area (TPSA) is 115 Å². The average molecular weight is 214 g/mol. The number of halogens is 1. The Morgan fingerprint density at radius 1 is 1.53 bits per heavy atom. The van der Waals surface area contributed by atoms with Gasteiger partial charge in [0.15, 0.2) is 0 Å². The van der Waals surface area contributed by atoms with Gasteiger partial charge in [-0.15, -0.1) is 0 Å². The van der Waals surface area contributed by atoms with Gasteiger partial charge in [-0.05, 0) is 6.07 Å². The van der Waals surface area contributed by atoms with Gasteiger partial charge in [0.2, 0.25) is 5.82 Å².